The van der Waals surface area contributed by atoms with Crippen LogP contribution in [0.4, 0.5) is 0 Å². The highest BCUT2D eigenvalue weighted by Crippen LogP contribution is 2.19. The Balaban J connectivity index is 2.33. The van der Waals surface area contributed by atoms with Gasteiger partial charge in [0.25, 0.3) is 0 Å². The lowest BCUT2D eigenvalue weighted by Gasteiger charge is -1.97. The minimum atomic E-state index is 0.912. The van der Waals surface area contributed by atoms with Crippen molar-refractivity contribution in [3.63, 3.8) is 0 Å². The summed E-state index contributed by atoms with van der Waals surface area (Å²) in [6.07, 6.45) is 3.59. The fourth-order valence-corrected chi connectivity index (χ4v) is 2.12. The van der Waals surface area contributed by atoms with E-state index in [4.69, 9.17) is 0 Å². The van der Waals surface area contributed by atoms with E-state index in [1.165, 1.54) is 0 Å². The second-order valence-electron chi connectivity index (χ2n) is 2.91. The normalized spacial score (nSPS) is 10.9. The maximum Gasteiger partial charge on any atom is 0.165 e. The smallest absolute Gasteiger partial charge is 0.165 e. The van der Waals surface area contributed by atoms with Gasteiger partial charge < -0.3 is 0 Å². The Bertz CT molecular complexity index is 554. The van der Waals surface area contributed by atoms with Crippen LogP contribution in [0, 0.1) is 0 Å². The van der Waals surface area contributed by atoms with Crippen molar-refractivity contribution in [2.75, 3.05) is 0 Å². The first kappa shape index (κ1) is 7.70. The number of hydrogen-bond donors (Lipinski definition) is 0. The first-order valence-corrected chi connectivity index (χ1v) is 5.15. The zero-order valence-corrected chi connectivity index (χ0v) is 8.11. The summed E-state index contributed by atoms with van der Waals surface area (Å²) < 4.78 is 2.00. The van der Waals surface area contributed by atoms with Gasteiger partial charge in [-0.15, -0.1) is 11.3 Å². The molecule has 0 bridgehead atoms. The third-order valence-electron chi connectivity index (χ3n) is 2.05. The molecular weight excluding hydrogens is 194 g/mol. The van der Waals surface area contributed by atoms with E-state index in [0.717, 1.165) is 16.2 Å². The molecule has 0 N–H and O–H groups in total. The van der Waals surface area contributed by atoms with Gasteiger partial charge in [-0.05, 0) is 29.6 Å². The molecule has 3 nitrogen and oxygen atoms in total. The van der Waals surface area contributed by atoms with E-state index in [1.54, 1.807) is 17.5 Å². The highest BCUT2D eigenvalue weighted by atomic mass is 32.1. The van der Waals surface area contributed by atoms with Crippen molar-refractivity contribution in [1.82, 2.24) is 14.5 Å². The first-order chi connectivity index (χ1) is 6.95. The van der Waals surface area contributed by atoms with Crippen molar-refractivity contribution in [3.05, 3.63) is 42.2 Å². The molecule has 0 amide bonds. The van der Waals surface area contributed by atoms with Gasteiger partial charge in [0.15, 0.2) is 5.65 Å². The molecule has 0 atom stereocenters. The standard InChI is InChI=1S/C10H7N3S/c1-3-8-10(11-5-1)13(7-12-8)9-4-2-6-14-9/h1-7H. The number of hydrogen-bond acceptors (Lipinski definition) is 3. The predicted octanol–water partition coefficient (Wildman–Crippen LogP) is 2.48. The average Bonchev–Trinajstić information content (AvgIpc) is 2.85. The molecule has 0 fully saturated rings. The lowest BCUT2D eigenvalue weighted by molar-refractivity contribution is 1.09. The van der Waals surface area contributed by atoms with E-state index >= 15 is 0 Å². The summed E-state index contributed by atoms with van der Waals surface area (Å²) in [4.78, 5) is 8.59. The molecule has 0 unspecified atom stereocenters. The lowest BCUT2D eigenvalue weighted by Crippen LogP contribution is -1.89. The number of imidazole rings is 1. The van der Waals surface area contributed by atoms with Gasteiger partial charge in [-0.25, -0.2) is 9.97 Å². The van der Waals surface area contributed by atoms with Gasteiger partial charge in [0.2, 0.25) is 0 Å². The van der Waals surface area contributed by atoms with E-state index < -0.39 is 0 Å². The summed E-state index contributed by atoms with van der Waals surface area (Å²) in [5, 5.41) is 3.19. The predicted molar refractivity (Wildman–Crippen MR) is 56.7 cm³/mol. The number of nitrogens with zero attached hydrogens (tertiary/aromatic N) is 3. The molecule has 68 valence electrons. The maximum atomic E-state index is 4.30. The van der Waals surface area contributed by atoms with Crippen LogP contribution < -0.4 is 0 Å². The van der Waals surface area contributed by atoms with Gasteiger partial charge in [-0.2, -0.15) is 0 Å². The quantitative estimate of drug-likeness (QED) is 0.605. The van der Waals surface area contributed by atoms with Crippen LogP contribution in [-0.2, 0) is 0 Å². The van der Waals surface area contributed by atoms with E-state index in [9.17, 15) is 0 Å². The molecule has 0 saturated carbocycles. The summed E-state index contributed by atoms with van der Waals surface area (Å²) in [6, 6.07) is 7.94. The molecule has 14 heavy (non-hydrogen) atoms. The molecule has 0 saturated heterocycles. The Labute approximate surface area is 84.7 Å². The van der Waals surface area contributed by atoms with Crippen molar-refractivity contribution in [1.29, 1.82) is 0 Å². The maximum absolute atomic E-state index is 4.30. The largest absolute Gasteiger partial charge is 0.274 e. The monoisotopic (exact) mass is 201 g/mol. The van der Waals surface area contributed by atoms with Crippen LogP contribution in [-0.4, -0.2) is 14.5 Å². The molecule has 0 aliphatic rings. The average molecular weight is 201 g/mol. The zero-order valence-electron chi connectivity index (χ0n) is 7.29. The van der Waals surface area contributed by atoms with Gasteiger partial charge in [-0.1, -0.05) is 0 Å². The third-order valence-corrected chi connectivity index (χ3v) is 2.92. The lowest BCUT2D eigenvalue weighted by atomic mass is 10.4. The van der Waals surface area contributed by atoms with Crippen molar-refractivity contribution in [2.45, 2.75) is 0 Å². The van der Waals surface area contributed by atoms with Crippen molar-refractivity contribution >= 4 is 22.5 Å². The minimum Gasteiger partial charge on any atom is -0.274 e. The van der Waals surface area contributed by atoms with Crippen LogP contribution in [0.25, 0.3) is 16.2 Å². The second kappa shape index (κ2) is 2.92. The Kier molecular flexibility index (Phi) is 1.61. The zero-order chi connectivity index (χ0) is 9.38. The Hall–Kier alpha value is -1.68. The number of pyridine rings is 1. The molecule has 0 aromatic carbocycles. The topological polar surface area (TPSA) is 30.7 Å². The molecule has 3 aromatic rings. The number of aromatic nitrogens is 3. The SMILES string of the molecule is c1csc(-n2cnc3cccnc32)c1. The fourth-order valence-electron chi connectivity index (χ4n) is 1.42. The summed E-state index contributed by atoms with van der Waals surface area (Å²) in [5.41, 5.74) is 1.84. The Morgan fingerprint density at radius 1 is 1.14 bits per heavy atom. The third kappa shape index (κ3) is 1.04. The molecule has 0 aliphatic heterocycles. The van der Waals surface area contributed by atoms with Crippen LogP contribution in [0.1, 0.15) is 0 Å². The molecule has 0 spiro atoms. The van der Waals surface area contributed by atoms with E-state index in [1.807, 2.05) is 34.5 Å². The summed E-state index contributed by atoms with van der Waals surface area (Å²) in [5.74, 6) is 0. The van der Waals surface area contributed by atoms with Crippen molar-refractivity contribution in [3.8, 4) is 5.00 Å². The van der Waals surface area contributed by atoms with E-state index in [2.05, 4.69) is 16.0 Å². The Morgan fingerprint density at radius 2 is 2.14 bits per heavy atom. The van der Waals surface area contributed by atoms with Crippen molar-refractivity contribution < 1.29 is 0 Å². The molecular formula is C10H7N3S. The molecule has 0 radical (unpaired) electrons. The first-order valence-electron chi connectivity index (χ1n) is 4.27. The summed E-state index contributed by atoms with van der Waals surface area (Å²) in [7, 11) is 0. The van der Waals surface area contributed by atoms with Gasteiger partial charge in [0.05, 0.1) is 0 Å². The second-order valence-corrected chi connectivity index (χ2v) is 3.84. The number of thiophene rings is 1. The van der Waals surface area contributed by atoms with Gasteiger partial charge in [0, 0.05) is 6.20 Å². The number of rotatable bonds is 1. The summed E-state index contributed by atoms with van der Waals surface area (Å²) >= 11 is 1.68. The summed E-state index contributed by atoms with van der Waals surface area (Å²) in [6.45, 7) is 0. The highest BCUT2D eigenvalue weighted by Gasteiger charge is 2.04. The molecule has 3 rings (SSSR count). The van der Waals surface area contributed by atoms with Crippen molar-refractivity contribution in [2.24, 2.45) is 0 Å². The molecule has 0 aliphatic carbocycles. The van der Waals surface area contributed by atoms with Crippen LogP contribution in [0.15, 0.2) is 42.2 Å². The van der Waals surface area contributed by atoms with Gasteiger partial charge in [0.1, 0.15) is 16.8 Å². The van der Waals surface area contributed by atoms with E-state index in [0.29, 0.717) is 0 Å². The number of fused-ring (bicyclic) bond motifs is 1. The van der Waals surface area contributed by atoms with E-state index in [-0.39, 0.29) is 0 Å². The van der Waals surface area contributed by atoms with Crippen LogP contribution in [0.3, 0.4) is 0 Å². The molecule has 3 aromatic heterocycles. The van der Waals surface area contributed by atoms with Gasteiger partial charge in [-0.3, -0.25) is 4.57 Å². The van der Waals surface area contributed by atoms with Crippen LogP contribution >= 0.6 is 11.3 Å². The van der Waals surface area contributed by atoms with Crippen LogP contribution in [0.5, 0.6) is 0 Å². The van der Waals surface area contributed by atoms with Gasteiger partial charge >= 0.3 is 0 Å². The highest BCUT2D eigenvalue weighted by molar-refractivity contribution is 7.12. The Morgan fingerprint density at radius 3 is 3.00 bits per heavy atom. The molecule has 3 heterocycles. The fraction of sp³-hybridized carbons (Fsp3) is 0. The van der Waals surface area contributed by atoms with Crippen LogP contribution in [0.2, 0.25) is 0 Å². The minimum absolute atomic E-state index is 0.912. The molecule has 4 heteroatoms.